The third kappa shape index (κ3) is 4.83. The van der Waals surface area contributed by atoms with Gasteiger partial charge in [-0.15, -0.1) is 0 Å². The fourth-order valence-electron chi connectivity index (χ4n) is 8.00. The quantitative estimate of drug-likeness (QED) is 0.181. The Hall–Kier alpha value is -7.37. The molecule has 11 rings (SSSR count). The summed E-state index contributed by atoms with van der Waals surface area (Å²) >= 11 is 0. The smallest absolute Gasteiger partial charge is 0.164 e. The van der Waals surface area contributed by atoms with Gasteiger partial charge in [0.05, 0.1) is 22.1 Å². The molecule has 0 unspecified atom stereocenters. The van der Waals surface area contributed by atoms with E-state index >= 15 is 0 Å². The molecule has 3 heterocycles. The molecule has 0 aliphatic heterocycles. The first-order chi connectivity index (χ1) is 26.8. The molecule has 0 fully saturated rings. The lowest BCUT2D eigenvalue weighted by molar-refractivity contribution is 1.07. The molecule has 0 radical (unpaired) electrons. The fraction of sp³-hybridized carbons (Fsp3) is 0. The summed E-state index contributed by atoms with van der Waals surface area (Å²) in [7, 11) is 0. The number of nitrogens with zero attached hydrogens (tertiary/aromatic N) is 5. The largest absolute Gasteiger partial charge is 0.309 e. The van der Waals surface area contributed by atoms with Crippen molar-refractivity contribution in [2.75, 3.05) is 0 Å². The number of para-hydroxylation sites is 2. The van der Waals surface area contributed by atoms with E-state index in [1.165, 1.54) is 43.4 Å². The Balaban J connectivity index is 1.09. The van der Waals surface area contributed by atoms with Crippen LogP contribution in [-0.4, -0.2) is 24.1 Å². The van der Waals surface area contributed by atoms with Crippen LogP contribution in [0.2, 0.25) is 0 Å². The summed E-state index contributed by atoms with van der Waals surface area (Å²) in [6, 6.07) is 66.3. The van der Waals surface area contributed by atoms with Crippen LogP contribution < -0.4 is 0 Å². The summed E-state index contributed by atoms with van der Waals surface area (Å²) in [5, 5.41) is 7.34. The van der Waals surface area contributed by atoms with E-state index in [0.29, 0.717) is 17.5 Å². The molecular weight excluding hydrogens is 659 g/mol. The van der Waals surface area contributed by atoms with Crippen LogP contribution in [0.25, 0.3) is 99.9 Å². The average molecular weight is 690 g/mol. The van der Waals surface area contributed by atoms with Crippen molar-refractivity contribution in [3.05, 3.63) is 188 Å². The van der Waals surface area contributed by atoms with E-state index < -0.39 is 0 Å². The lowest BCUT2D eigenvalue weighted by Gasteiger charge is -2.11. The maximum Gasteiger partial charge on any atom is 0.164 e. The Bertz CT molecular complexity index is 3140. The van der Waals surface area contributed by atoms with E-state index in [4.69, 9.17) is 15.0 Å². The van der Waals surface area contributed by atoms with Crippen molar-refractivity contribution >= 4 is 54.4 Å². The second kappa shape index (κ2) is 12.1. The molecule has 5 nitrogen and oxygen atoms in total. The molecule has 8 aromatic carbocycles. The highest BCUT2D eigenvalue weighted by Gasteiger charge is 2.19. The Morgan fingerprint density at radius 2 is 0.704 bits per heavy atom. The number of rotatable bonds is 5. The molecule has 0 aliphatic rings. The van der Waals surface area contributed by atoms with Gasteiger partial charge in [-0.2, -0.15) is 0 Å². The van der Waals surface area contributed by atoms with Crippen LogP contribution in [0.4, 0.5) is 0 Å². The van der Waals surface area contributed by atoms with Crippen molar-refractivity contribution in [2.45, 2.75) is 0 Å². The van der Waals surface area contributed by atoms with Crippen LogP contribution in [-0.2, 0) is 0 Å². The maximum atomic E-state index is 4.97. The van der Waals surface area contributed by atoms with E-state index in [-0.39, 0.29) is 0 Å². The summed E-state index contributed by atoms with van der Waals surface area (Å²) in [5.41, 5.74) is 9.77. The van der Waals surface area contributed by atoms with Gasteiger partial charge in [0, 0.05) is 49.6 Å². The molecule has 0 amide bonds. The summed E-state index contributed by atoms with van der Waals surface area (Å²) in [5.74, 6) is 1.94. The predicted molar refractivity (Wildman–Crippen MR) is 222 cm³/mol. The summed E-state index contributed by atoms with van der Waals surface area (Å²) in [4.78, 5) is 14.8. The van der Waals surface area contributed by atoms with Crippen LogP contribution in [0.1, 0.15) is 0 Å². The number of fused-ring (bicyclic) bond motifs is 7. The zero-order chi connectivity index (χ0) is 35.6. The minimum absolute atomic E-state index is 0.639. The first-order valence-electron chi connectivity index (χ1n) is 18.2. The fourth-order valence-corrected chi connectivity index (χ4v) is 8.00. The van der Waals surface area contributed by atoms with Gasteiger partial charge >= 0.3 is 0 Å². The van der Waals surface area contributed by atoms with Gasteiger partial charge in [0.25, 0.3) is 0 Å². The monoisotopic (exact) mass is 689 g/mol. The highest BCUT2D eigenvalue weighted by Crippen LogP contribution is 2.40. The second-order valence-electron chi connectivity index (χ2n) is 13.7. The number of benzene rings is 8. The van der Waals surface area contributed by atoms with Crippen LogP contribution in [0.3, 0.4) is 0 Å². The van der Waals surface area contributed by atoms with E-state index in [1.54, 1.807) is 0 Å². The maximum absolute atomic E-state index is 4.97. The Morgan fingerprint density at radius 1 is 0.278 bits per heavy atom. The summed E-state index contributed by atoms with van der Waals surface area (Å²) in [6.07, 6.45) is 0. The summed E-state index contributed by atoms with van der Waals surface area (Å²) < 4.78 is 4.80. The average Bonchev–Trinajstić information content (AvgIpc) is 3.75. The lowest BCUT2D eigenvalue weighted by atomic mass is 10.1. The van der Waals surface area contributed by atoms with Crippen molar-refractivity contribution in [3.8, 4) is 45.5 Å². The second-order valence-corrected chi connectivity index (χ2v) is 13.7. The molecule has 3 aromatic heterocycles. The molecule has 0 bridgehead atoms. The molecule has 0 atom stereocenters. The van der Waals surface area contributed by atoms with Crippen molar-refractivity contribution < 1.29 is 0 Å². The van der Waals surface area contributed by atoms with Crippen LogP contribution in [0, 0.1) is 0 Å². The third-order valence-corrected chi connectivity index (χ3v) is 10.5. The molecular formula is C49H31N5. The SMILES string of the molecule is c1ccc(-c2nc(-c3ccccc3)nc(-c3ccc(-n4c5ccccc5c5cc6c(cc54)c4ccccc4n6-c4ccc5ccccc5c4)cc3)n2)cc1. The molecule has 0 saturated carbocycles. The molecule has 252 valence electrons. The van der Waals surface area contributed by atoms with Gasteiger partial charge in [-0.05, 0) is 71.4 Å². The normalized spacial score (nSPS) is 11.7. The van der Waals surface area contributed by atoms with Gasteiger partial charge in [-0.1, -0.05) is 127 Å². The standard InChI is InChI=1S/C49H31N5/c1-3-14-33(15-4-1)47-50-48(34-16-5-2-6-17-34)52-49(51-47)35-24-26-37(27-25-35)53-43-21-11-9-19-39(43)41-31-46-42(30-45(41)53)40-20-10-12-22-44(40)54(46)38-28-23-32-13-7-8-18-36(32)29-38/h1-31H. The Morgan fingerprint density at radius 3 is 1.26 bits per heavy atom. The van der Waals surface area contributed by atoms with Gasteiger partial charge in [0.2, 0.25) is 0 Å². The molecule has 0 spiro atoms. The predicted octanol–water partition coefficient (Wildman–Crippen LogP) is 12.2. The van der Waals surface area contributed by atoms with Gasteiger partial charge in [0.1, 0.15) is 0 Å². The summed E-state index contributed by atoms with van der Waals surface area (Å²) in [6.45, 7) is 0. The van der Waals surface area contributed by atoms with Crippen LogP contribution in [0.5, 0.6) is 0 Å². The van der Waals surface area contributed by atoms with E-state index in [1.807, 2.05) is 60.7 Å². The molecule has 5 heteroatoms. The van der Waals surface area contributed by atoms with E-state index in [9.17, 15) is 0 Å². The molecule has 11 aromatic rings. The first-order valence-corrected chi connectivity index (χ1v) is 18.2. The van der Waals surface area contributed by atoms with Crippen molar-refractivity contribution in [2.24, 2.45) is 0 Å². The zero-order valence-electron chi connectivity index (χ0n) is 29.1. The van der Waals surface area contributed by atoms with E-state index in [2.05, 4.69) is 137 Å². The van der Waals surface area contributed by atoms with Gasteiger partial charge < -0.3 is 9.13 Å². The third-order valence-electron chi connectivity index (χ3n) is 10.5. The van der Waals surface area contributed by atoms with E-state index in [0.717, 1.165) is 39.1 Å². The first kappa shape index (κ1) is 30.3. The number of aromatic nitrogens is 5. The van der Waals surface area contributed by atoms with Gasteiger partial charge in [-0.3, -0.25) is 0 Å². The van der Waals surface area contributed by atoms with Crippen molar-refractivity contribution in [3.63, 3.8) is 0 Å². The highest BCUT2D eigenvalue weighted by atomic mass is 15.0. The number of hydrogen-bond acceptors (Lipinski definition) is 3. The molecule has 54 heavy (non-hydrogen) atoms. The van der Waals surface area contributed by atoms with Crippen LogP contribution >= 0.6 is 0 Å². The minimum Gasteiger partial charge on any atom is -0.309 e. The van der Waals surface area contributed by atoms with Crippen LogP contribution in [0.15, 0.2) is 188 Å². The zero-order valence-corrected chi connectivity index (χ0v) is 29.1. The minimum atomic E-state index is 0.639. The lowest BCUT2D eigenvalue weighted by Crippen LogP contribution is -2.00. The Kier molecular flexibility index (Phi) is 6.79. The van der Waals surface area contributed by atoms with Gasteiger partial charge in [0.15, 0.2) is 17.5 Å². The molecule has 0 saturated heterocycles. The van der Waals surface area contributed by atoms with Crippen molar-refractivity contribution in [1.29, 1.82) is 0 Å². The van der Waals surface area contributed by atoms with Gasteiger partial charge in [-0.25, -0.2) is 15.0 Å². The van der Waals surface area contributed by atoms with Crippen molar-refractivity contribution in [1.82, 2.24) is 24.1 Å². The number of hydrogen-bond donors (Lipinski definition) is 0. The molecule has 0 N–H and O–H groups in total. The Labute approximate surface area is 311 Å². The molecule has 0 aliphatic carbocycles. The highest BCUT2D eigenvalue weighted by molar-refractivity contribution is 6.19. The topological polar surface area (TPSA) is 48.5 Å².